The number of benzene rings is 1. The molecular formula is C15H20N2O. The average molecular weight is 244 g/mol. The number of amides is 1. The zero-order valence-electron chi connectivity index (χ0n) is 10.8. The van der Waals surface area contributed by atoms with Crippen LogP contribution >= 0.6 is 0 Å². The molecule has 96 valence electrons. The van der Waals surface area contributed by atoms with Crippen molar-refractivity contribution in [2.45, 2.75) is 25.8 Å². The van der Waals surface area contributed by atoms with Gasteiger partial charge in [0.15, 0.2) is 0 Å². The first-order chi connectivity index (χ1) is 8.74. The van der Waals surface area contributed by atoms with Crippen molar-refractivity contribution in [2.24, 2.45) is 11.8 Å². The Morgan fingerprint density at radius 2 is 1.89 bits per heavy atom. The second-order valence-electron chi connectivity index (χ2n) is 5.59. The average Bonchev–Trinajstić information content (AvgIpc) is 2.68. The van der Waals surface area contributed by atoms with Gasteiger partial charge in [-0.2, -0.15) is 0 Å². The third-order valence-corrected chi connectivity index (χ3v) is 4.33. The van der Waals surface area contributed by atoms with Crippen LogP contribution in [0.15, 0.2) is 24.3 Å². The van der Waals surface area contributed by atoms with Gasteiger partial charge in [0, 0.05) is 12.0 Å². The Balaban J connectivity index is 1.57. The molecule has 0 saturated carbocycles. The lowest BCUT2D eigenvalue weighted by Crippen LogP contribution is -2.51. The van der Waals surface area contributed by atoms with E-state index in [1.165, 1.54) is 11.1 Å². The molecule has 1 aliphatic carbocycles. The second kappa shape index (κ2) is 4.73. The van der Waals surface area contributed by atoms with Crippen LogP contribution in [-0.4, -0.2) is 25.0 Å². The number of nitrogens with one attached hydrogen (secondary N) is 2. The molecule has 1 saturated heterocycles. The summed E-state index contributed by atoms with van der Waals surface area (Å²) in [6.45, 7) is 4.02. The van der Waals surface area contributed by atoms with Gasteiger partial charge in [0.2, 0.25) is 5.91 Å². The smallest absolute Gasteiger partial charge is 0.223 e. The van der Waals surface area contributed by atoms with E-state index in [1.807, 2.05) is 6.92 Å². The zero-order chi connectivity index (χ0) is 12.5. The van der Waals surface area contributed by atoms with Crippen LogP contribution in [0.3, 0.4) is 0 Å². The van der Waals surface area contributed by atoms with E-state index < -0.39 is 0 Å². The first-order valence-corrected chi connectivity index (χ1v) is 6.82. The van der Waals surface area contributed by atoms with Crippen molar-refractivity contribution in [3.63, 3.8) is 0 Å². The van der Waals surface area contributed by atoms with E-state index in [4.69, 9.17) is 0 Å². The fourth-order valence-electron chi connectivity index (χ4n) is 2.87. The van der Waals surface area contributed by atoms with Gasteiger partial charge in [-0.25, -0.2) is 0 Å². The van der Waals surface area contributed by atoms with Crippen molar-refractivity contribution in [2.75, 3.05) is 13.1 Å². The number of rotatable bonds is 3. The number of hydrogen-bond donors (Lipinski definition) is 2. The molecule has 2 aliphatic rings. The molecule has 0 bridgehead atoms. The van der Waals surface area contributed by atoms with E-state index in [-0.39, 0.29) is 11.8 Å². The maximum absolute atomic E-state index is 12.1. The molecule has 18 heavy (non-hydrogen) atoms. The topological polar surface area (TPSA) is 41.1 Å². The third kappa shape index (κ3) is 2.15. The lowest BCUT2D eigenvalue weighted by atomic mass is 9.88. The van der Waals surface area contributed by atoms with Crippen molar-refractivity contribution in [3.8, 4) is 0 Å². The monoisotopic (exact) mass is 244 g/mol. The van der Waals surface area contributed by atoms with Gasteiger partial charge in [-0.1, -0.05) is 31.2 Å². The van der Waals surface area contributed by atoms with Crippen molar-refractivity contribution in [1.29, 1.82) is 0 Å². The predicted octanol–water partition coefficient (Wildman–Crippen LogP) is 1.13. The largest absolute Gasteiger partial charge is 0.352 e. The number of carbonyl (C=O) groups excluding carboxylic acids is 1. The number of carbonyl (C=O) groups is 1. The van der Waals surface area contributed by atoms with Crippen molar-refractivity contribution in [1.82, 2.24) is 10.6 Å². The van der Waals surface area contributed by atoms with Crippen LogP contribution in [0.2, 0.25) is 0 Å². The first kappa shape index (κ1) is 11.7. The summed E-state index contributed by atoms with van der Waals surface area (Å²) >= 11 is 0. The third-order valence-electron chi connectivity index (χ3n) is 4.33. The quantitative estimate of drug-likeness (QED) is 0.837. The van der Waals surface area contributed by atoms with Crippen molar-refractivity contribution >= 4 is 5.91 Å². The molecule has 1 heterocycles. The fraction of sp³-hybridized carbons (Fsp3) is 0.533. The highest BCUT2D eigenvalue weighted by Gasteiger charge is 2.31. The summed E-state index contributed by atoms with van der Waals surface area (Å²) in [7, 11) is 0. The van der Waals surface area contributed by atoms with E-state index in [0.717, 1.165) is 25.9 Å². The van der Waals surface area contributed by atoms with Crippen molar-refractivity contribution < 1.29 is 4.79 Å². The van der Waals surface area contributed by atoms with E-state index in [0.29, 0.717) is 12.0 Å². The van der Waals surface area contributed by atoms with Gasteiger partial charge in [-0.05, 0) is 43.0 Å². The van der Waals surface area contributed by atoms with Crippen LogP contribution in [0.5, 0.6) is 0 Å². The predicted molar refractivity (Wildman–Crippen MR) is 71.3 cm³/mol. The Morgan fingerprint density at radius 3 is 2.39 bits per heavy atom. The minimum absolute atomic E-state index is 0.134. The minimum atomic E-state index is 0.134. The number of hydrogen-bond acceptors (Lipinski definition) is 2. The highest BCUT2D eigenvalue weighted by Crippen LogP contribution is 2.23. The van der Waals surface area contributed by atoms with Crippen LogP contribution in [0, 0.1) is 11.8 Å². The summed E-state index contributed by atoms with van der Waals surface area (Å²) < 4.78 is 0. The molecule has 1 aromatic rings. The molecule has 1 fully saturated rings. The van der Waals surface area contributed by atoms with Crippen LogP contribution in [0.4, 0.5) is 0 Å². The lowest BCUT2D eigenvalue weighted by molar-refractivity contribution is -0.127. The van der Waals surface area contributed by atoms with Crippen LogP contribution in [0.25, 0.3) is 0 Å². The molecule has 1 aromatic carbocycles. The van der Waals surface area contributed by atoms with E-state index in [1.54, 1.807) is 0 Å². The molecule has 0 spiro atoms. The molecular weight excluding hydrogens is 224 g/mol. The molecule has 3 rings (SSSR count). The maximum atomic E-state index is 12.1. The van der Waals surface area contributed by atoms with E-state index >= 15 is 0 Å². The summed E-state index contributed by atoms with van der Waals surface area (Å²) in [5, 5.41) is 6.43. The molecule has 0 aromatic heterocycles. The van der Waals surface area contributed by atoms with Gasteiger partial charge in [0.1, 0.15) is 0 Å². The van der Waals surface area contributed by atoms with E-state index in [2.05, 4.69) is 34.9 Å². The zero-order valence-corrected chi connectivity index (χ0v) is 10.8. The van der Waals surface area contributed by atoms with Gasteiger partial charge >= 0.3 is 0 Å². The van der Waals surface area contributed by atoms with Crippen LogP contribution in [-0.2, 0) is 17.6 Å². The number of fused-ring (bicyclic) bond motifs is 1. The molecule has 1 amide bonds. The van der Waals surface area contributed by atoms with Crippen LogP contribution < -0.4 is 10.6 Å². The summed E-state index contributed by atoms with van der Waals surface area (Å²) in [4.78, 5) is 12.1. The highest BCUT2D eigenvalue weighted by molar-refractivity contribution is 5.79. The Morgan fingerprint density at radius 1 is 1.28 bits per heavy atom. The lowest BCUT2D eigenvalue weighted by Gasteiger charge is -2.32. The Kier molecular flexibility index (Phi) is 3.08. The van der Waals surface area contributed by atoms with Gasteiger partial charge in [0.25, 0.3) is 0 Å². The maximum Gasteiger partial charge on any atom is 0.223 e. The molecule has 2 N–H and O–H groups in total. The molecule has 3 heteroatoms. The molecule has 1 unspecified atom stereocenters. The molecule has 0 radical (unpaired) electrons. The Hall–Kier alpha value is -1.35. The highest BCUT2D eigenvalue weighted by atomic mass is 16.1. The summed E-state index contributed by atoms with van der Waals surface area (Å²) in [5.74, 6) is 0.878. The molecule has 3 nitrogen and oxygen atoms in total. The standard InChI is InChI=1S/C15H20N2O/c1-10(13-8-16-9-13)15(18)17-14-6-11-4-2-3-5-12(11)7-14/h2-5,10,13-14,16H,6-9H2,1H3,(H,17,18). The first-order valence-electron chi connectivity index (χ1n) is 6.82. The summed E-state index contributed by atoms with van der Waals surface area (Å²) in [6, 6.07) is 8.78. The van der Waals surface area contributed by atoms with Crippen LogP contribution in [0.1, 0.15) is 18.1 Å². The van der Waals surface area contributed by atoms with Gasteiger partial charge in [0.05, 0.1) is 0 Å². The van der Waals surface area contributed by atoms with Gasteiger partial charge < -0.3 is 10.6 Å². The molecule has 1 aliphatic heterocycles. The summed E-state index contributed by atoms with van der Waals surface area (Å²) in [6.07, 6.45) is 1.97. The SMILES string of the molecule is CC(C(=O)NC1Cc2ccccc2C1)C1CNC1. The fourth-order valence-corrected chi connectivity index (χ4v) is 2.87. The Bertz CT molecular complexity index is 429. The second-order valence-corrected chi connectivity index (χ2v) is 5.59. The van der Waals surface area contributed by atoms with Crippen molar-refractivity contribution in [3.05, 3.63) is 35.4 Å². The van der Waals surface area contributed by atoms with E-state index in [9.17, 15) is 4.79 Å². The van der Waals surface area contributed by atoms with Gasteiger partial charge in [-0.15, -0.1) is 0 Å². The summed E-state index contributed by atoms with van der Waals surface area (Å²) in [5.41, 5.74) is 2.78. The minimum Gasteiger partial charge on any atom is -0.352 e. The Labute approximate surface area is 108 Å². The normalized spacial score (nSPS) is 21.2. The van der Waals surface area contributed by atoms with Gasteiger partial charge in [-0.3, -0.25) is 4.79 Å². The molecule has 1 atom stereocenters.